The first-order valence-corrected chi connectivity index (χ1v) is 7.06. The fraction of sp³-hybridized carbons (Fsp3) is 0.154. The van der Waals surface area contributed by atoms with Crippen LogP contribution in [0.3, 0.4) is 0 Å². The SMILES string of the molecule is CC(=O)Nc1nc(CC(=O)Nc2cccc(Cl)c2)cs1. The van der Waals surface area contributed by atoms with Crippen LogP contribution >= 0.6 is 22.9 Å². The van der Waals surface area contributed by atoms with Crippen molar-refractivity contribution < 1.29 is 9.59 Å². The summed E-state index contributed by atoms with van der Waals surface area (Å²) in [5, 5.41) is 8.10. The van der Waals surface area contributed by atoms with Crippen LogP contribution in [0.5, 0.6) is 0 Å². The van der Waals surface area contributed by atoms with Crippen molar-refractivity contribution in [1.82, 2.24) is 4.98 Å². The quantitative estimate of drug-likeness (QED) is 0.912. The van der Waals surface area contributed by atoms with Gasteiger partial charge in [0, 0.05) is 23.0 Å². The lowest BCUT2D eigenvalue weighted by Gasteiger charge is -2.04. The van der Waals surface area contributed by atoms with Crippen molar-refractivity contribution in [3.05, 3.63) is 40.4 Å². The molecule has 0 spiro atoms. The lowest BCUT2D eigenvalue weighted by Crippen LogP contribution is -2.14. The molecule has 1 heterocycles. The highest BCUT2D eigenvalue weighted by atomic mass is 35.5. The van der Waals surface area contributed by atoms with Crippen molar-refractivity contribution in [2.24, 2.45) is 0 Å². The minimum atomic E-state index is -0.188. The van der Waals surface area contributed by atoms with Gasteiger partial charge in [0.05, 0.1) is 12.1 Å². The van der Waals surface area contributed by atoms with E-state index >= 15 is 0 Å². The second-order valence-electron chi connectivity index (χ2n) is 4.06. The van der Waals surface area contributed by atoms with Gasteiger partial charge >= 0.3 is 0 Å². The second-order valence-corrected chi connectivity index (χ2v) is 5.36. The molecule has 2 aromatic rings. The molecule has 2 amide bonds. The topological polar surface area (TPSA) is 71.1 Å². The average Bonchev–Trinajstić information content (AvgIpc) is 2.75. The van der Waals surface area contributed by atoms with Crippen LogP contribution in [0.15, 0.2) is 29.6 Å². The summed E-state index contributed by atoms with van der Waals surface area (Å²) in [4.78, 5) is 26.9. The van der Waals surface area contributed by atoms with Crippen LogP contribution in [0.1, 0.15) is 12.6 Å². The molecule has 0 saturated carbocycles. The van der Waals surface area contributed by atoms with Crippen molar-refractivity contribution in [1.29, 1.82) is 0 Å². The van der Waals surface area contributed by atoms with E-state index in [0.717, 1.165) is 0 Å². The Bertz CT molecular complexity index is 642. The summed E-state index contributed by atoms with van der Waals surface area (Å²) in [5.74, 6) is -0.374. The number of rotatable bonds is 4. The number of anilines is 2. The van der Waals surface area contributed by atoms with E-state index in [0.29, 0.717) is 21.5 Å². The molecule has 2 rings (SSSR count). The lowest BCUT2D eigenvalue weighted by molar-refractivity contribution is -0.116. The molecular weight excluding hydrogens is 298 g/mol. The molecule has 20 heavy (non-hydrogen) atoms. The number of halogens is 1. The van der Waals surface area contributed by atoms with Crippen LogP contribution in [0.2, 0.25) is 5.02 Å². The van der Waals surface area contributed by atoms with E-state index in [1.54, 1.807) is 29.6 Å². The minimum absolute atomic E-state index is 0.141. The molecule has 0 fully saturated rings. The smallest absolute Gasteiger partial charge is 0.230 e. The summed E-state index contributed by atoms with van der Waals surface area (Å²) in [7, 11) is 0. The third-order valence-corrected chi connectivity index (χ3v) is 3.33. The van der Waals surface area contributed by atoms with Gasteiger partial charge in [0.25, 0.3) is 0 Å². The Balaban J connectivity index is 1.94. The van der Waals surface area contributed by atoms with E-state index in [2.05, 4.69) is 15.6 Å². The normalized spacial score (nSPS) is 10.1. The van der Waals surface area contributed by atoms with Gasteiger partial charge in [-0.1, -0.05) is 17.7 Å². The van der Waals surface area contributed by atoms with Gasteiger partial charge in [0.2, 0.25) is 11.8 Å². The van der Waals surface area contributed by atoms with Gasteiger partial charge in [-0.05, 0) is 18.2 Å². The van der Waals surface area contributed by atoms with Crippen molar-refractivity contribution in [2.45, 2.75) is 13.3 Å². The standard InChI is InChI=1S/C13H12ClN3O2S/c1-8(18)15-13-17-11(7-20-13)6-12(19)16-10-4-2-3-9(14)5-10/h2-5,7H,6H2,1H3,(H,16,19)(H,15,17,18). The number of benzene rings is 1. The van der Waals surface area contributed by atoms with Crippen molar-refractivity contribution >= 4 is 45.6 Å². The van der Waals surface area contributed by atoms with Crippen LogP contribution in [-0.2, 0) is 16.0 Å². The summed E-state index contributed by atoms with van der Waals surface area (Å²) in [6, 6.07) is 6.92. The molecule has 0 radical (unpaired) electrons. The van der Waals surface area contributed by atoms with E-state index < -0.39 is 0 Å². The maximum atomic E-state index is 11.8. The first-order valence-electron chi connectivity index (χ1n) is 5.80. The molecule has 0 bridgehead atoms. The van der Waals surface area contributed by atoms with Crippen molar-refractivity contribution in [3.63, 3.8) is 0 Å². The van der Waals surface area contributed by atoms with Crippen LogP contribution in [-0.4, -0.2) is 16.8 Å². The summed E-state index contributed by atoms with van der Waals surface area (Å²) < 4.78 is 0. The molecule has 0 saturated heterocycles. The number of hydrogen-bond donors (Lipinski definition) is 2. The Morgan fingerprint density at radius 2 is 2.15 bits per heavy atom. The zero-order chi connectivity index (χ0) is 14.5. The minimum Gasteiger partial charge on any atom is -0.326 e. The number of hydrogen-bond acceptors (Lipinski definition) is 4. The number of carbonyl (C=O) groups excluding carboxylic acids is 2. The number of aromatic nitrogens is 1. The van der Waals surface area contributed by atoms with Gasteiger partial charge in [-0.15, -0.1) is 11.3 Å². The second kappa shape index (κ2) is 6.49. The third-order valence-electron chi connectivity index (χ3n) is 2.28. The molecule has 0 aliphatic rings. The first-order chi connectivity index (χ1) is 9.52. The van der Waals surface area contributed by atoms with Gasteiger partial charge in [0.1, 0.15) is 0 Å². The molecule has 2 N–H and O–H groups in total. The number of nitrogens with zero attached hydrogens (tertiary/aromatic N) is 1. The highest BCUT2D eigenvalue weighted by Crippen LogP contribution is 2.17. The van der Waals surface area contributed by atoms with Gasteiger partial charge in [-0.25, -0.2) is 4.98 Å². The van der Waals surface area contributed by atoms with Crippen LogP contribution in [0.25, 0.3) is 0 Å². The molecule has 0 aliphatic heterocycles. The summed E-state index contributed by atoms with van der Waals surface area (Å²) in [6.45, 7) is 1.41. The molecule has 1 aromatic heterocycles. The summed E-state index contributed by atoms with van der Waals surface area (Å²) in [5.41, 5.74) is 1.25. The molecule has 0 aliphatic carbocycles. The van der Waals surface area contributed by atoms with Crippen molar-refractivity contribution in [2.75, 3.05) is 10.6 Å². The monoisotopic (exact) mass is 309 g/mol. The number of carbonyl (C=O) groups is 2. The zero-order valence-corrected chi connectivity index (χ0v) is 12.2. The average molecular weight is 310 g/mol. The van der Waals surface area contributed by atoms with E-state index in [1.807, 2.05) is 0 Å². The predicted molar refractivity (Wildman–Crippen MR) is 80.2 cm³/mol. The largest absolute Gasteiger partial charge is 0.326 e. The maximum Gasteiger partial charge on any atom is 0.230 e. The molecule has 1 aromatic carbocycles. The maximum absolute atomic E-state index is 11.8. The molecule has 104 valence electrons. The van der Waals surface area contributed by atoms with E-state index in [4.69, 9.17) is 11.6 Å². The Morgan fingerprint density at radius 3 is 2.85 bits per heavy atom. The van der Waals surface area contributed by atoms with Crippen LogP contribution in [0.4, 0.5) is 10.8 Å². The molecule has 7 heteroatoms. The van der Waals surface area contributed by atoms with E-state index in [1.165, 1.54) is 18.3 Å². The van der Waals surface area contributed by atoms with E-state index in [9.17, 15) is 9.59 Å². The Morgan fingerprint density at radius 1 is 1.35 bits per heavy atom. The predicted octanol–water partition coefficient (Wildman–Crippen LogP) is 2.94. The fourth-order valence-electron chi connectivity index (χ4n) is 1.53. The lowest BCUT2D eigenvalue weighted by atomic mass is 10.3. The highest BCUT2D eigenvalue weighted by molar-refractivity contribution is 7.13. The van der Waals surface area contributed by atoms with E-state index in [-0.39, 0.29) is 18.2 Å². The van der Waals surface area contributed by atoms with Crippen LogP contribution < -0.4 is 10.6 Å². The Kier molecular flexibility index (Phi) is 4.70. The fourth-order valence-corrected chi connectivity index (χ4v) is 2.48. The first kappa shape index (κ1) is 14.5. The number of nitrogens with one attached hydrogen (secondary N) is 2. The Hall–Kier alpha value is -1.92. The Labute approximate surface area is 125 Å². The number of amides is 2. The van der Waals surface area contributed by atoms with Gasteiger partial charge in [-0.3, -0.25) is 9.59 Å². The molecule has 0 atom stereocenters. The number of thiazole rings is 1. The van der Waals surface area contributed by atoms with Gasteiger partial charge < -0.3 is 10.6 Å². The zero-order valence-electron chi connectivity index (χ0n) is 10.6. The van der Waals surface area contributed by atoms with Gasteiger partial charge in [-0.2, -0.15) is 0 Å². The molecular formula is C13H12ClN3O2S. The highest BCUT2D eigenvalue weighted by Gasteiger charge is 2.09. The summed E-state index contributed by atoms with van der Waals surface area (Å²) in [6.07, 6.45) is 0.141. The van der Waals surface area contributed by atoms with Crippen LogP contribution in [0, 0.1) is 0 Å². The summed E-state index contributed by atoms with van der Waals surface area (Å²) >= 11 is 7.12. The molecule has 0 unspecified atom stereocenters. The van der Waals surface area contributed by atoms with Crippen molar-refractivity contribution in [3.8, 4) is 0 Å². The van der Waals surface area contributed by atoms with Gasteiger partial charge in [0.15, 0.2) is 5.13 Å². The third kappa shape index (κ3) is 4.32. The molecule has 5 nitrogen and oxygen atoms in total.